The van der Waals surface area contributed by atoms with Crippen LogP contribution in [0, 0.1) is 5.21 Å². The van der Waals surface area contributed by atoms with Crippen molar-refractivity contribution < 1.29 is 23.4 Å². The van der Waals surface area contributed by atoms with E-state index in [0.29, 0.717) is 52.1 Å². The monoisotopic (exact) mass is 721 g/mol. The highest BCUT2D eigenvalue weighted by molar-refractivity contribution is 7.80. The van der Waals surface area contributed by atoms with E-state index in [1.807, 2.05) is 52.0 Å². The fraction of sp³-hybridized carbons (Fsp3) is 0.244. The summed E-state index contributed by atoms with van der Waals surface area (Å²) in [5, 5.41) is 16.9. The van der Waals surface area contributed by atoms with Crippen LogP contribution in [0.1, 0.15) is 50.4 Å². The molecule has 0 N–H and O–H groups in total. The van der Waals surface area contributed by atoms with Crippen LogP contribution in [0.15, 0.2) is 140 Å². The molecule has 1 aromatic heterocycles. The Hall–Kier alpha value is -4.77. The predicted molar refractivity (Wildman–Crippen MR) is 206 cm³/mol. The van der Waals surface area contributed by atoms with Crippen LogP contribution in [0.5, 0.6) is 0 Å². The van der Waals surface area contributed by atoms with Gasteiger partial charge in [-0.05, 0) is 33.8 Å². The van der Waals surface area contributed by atoms with Crippen LogP contribution in [0.2, 0.25) is 0 Å². The summed E-state index contributed by atoms with van der Waals surface area (Å²) in [6.45, 7) is 8.66. The third-order valence-corrected chi connectivity index (χ3v) is 16.2. The van der Waals surface area contributed by atoms with Gasteiger partial charge < -0.3 is 24.1 Å². The van der Waals surface area contributed by atoms with Crippen LogP contribution in [0.25, 0.3) is 0 Å². The third-order valence-electron chi connectivity index (χ3n) is 9.47. The van der Waals surface area contributed by atoms with E-state index in [1.54, 1.807) is 113 Å². The minimum atomic E-state index is -3.96. The van der Waals surface area contributed by atoms with Gasteiger partial charge >= 0.3 is 0 Å². The number of benzene rings is 4. The number of rotatable bonds is 14. The van der Waals surface area contributed by atoms with E-state index in [-0.39, 0.29) is 11.4 Å². The van der Waals surface area contributed by atoms with Gasteiger partial charge in [-0.2, -0.15) is 4.73 Å². The Morgan fingerprint density at radius 3 is 0.980 bits per heavy atom. The first-order valence-electron chi connectivity index (χ1n) is 17.4. The summed E-state index contributed by atoms with van der Waals surface area (Å²) in [6, 6.07) is 39.8. The van der Waals surface area contributed by atoms with E-state index in [1.165, 1.54) is 12.1 Å². The van der Waals surface area contributed by atoms with Crippen LogP contribution in [0.4, 0.5) is 0 Å². The topological polar surface area (TPSA) is 102 Å². The maximum absolute atomic E-state index is 16.0. The van der Waals surface area contributed by atoms with Gasteiger partial charge in [0, 0.05) is 59.5 Å². The summed E-state index contributed by atoms with van der Waals surface area (Å²) in [7, 11) is -7.91. The lowest BCUT2D eigenvalue weighted by atomic mass is 10.1. The van der Waals surface area contributed by atoms with E-state index in [0.717, 1.165) is 0 Å². The highest BCUT2D eigenvalue weighted by atomic mass is 31.2. The molecular formula is C41H45N3O5P2. The fourth-order valence-corrected chi connectivity index (χ4v) is 13.1. The summed E-state index contributed by atoms with van der Waals surface area (Å²) >= 11 is 0. The van der Waals surface area contributed by atoms with Crippen molar-refractivity contribution in [2.45, 2.75) is 39.0 Å². The van der Waals surface area contributed by atoms with Crippen molar-refractivity contribution in [3.63, 3.8) is 0 Å². The molecule has 0 unspecified atom stereocenters. The van der Waals surface area contributed by atoms with E-state index < -0.39 is 37.4 Å². The van der Waals surface area contributed by atoms with Crippen LogP contribution in [-0.4, -0.2) is 47.8 Å². The first kappa shape index (κ1) is 37.5. The number of carbonyl (C=O) groups excluding carboxylic acids is 2. The van der Waals surface area contributed by atoms with Crippen LogP contribution < -0.4 is 25.9 Å². The number of pyridine rings is 1. The molecule has 51 heavy (non-hydrogen) atoms. The van der Waals surface area contributed by atoms with Crippen molar-refractivity contribution in [2.75, 3.05) is 26.2 Å². The van der Waals surface area contributed by atoms with Gasteiger partial charge in [0.05, 0.1) is 0 Å². The van der Waals surface area contributed by atoms with Gasteiger partial charge in [0.2, 0.25) is 23.2 Å². The smallest absolute Gasteiger partial charge is 0.244 e. The zero-order chi connectivity index (χ0) is 36.6. The Morgan fingerprint density at radius 1 is 0.490 bits per heavy atom. The van der Waals surface area contributed by atoms with Gasteiger partial charge in [-0.1, -0.05) is 121 Å². The second-order valence-corrected chi connectivity index (χ2v) is 17.9. The molecule has 2 atom stereocenters. The molecule has 0 aliphatic carbocycles. The average Bonchev–Trinajstić information content (AvgIpc) is 3.18. The van der Waals surface area contributed by atoms with E-state index in [2.05, 4.69) is 0 Å². The van der Waals surface area contributed by atoms with Crippen molar-refractivity contribution in [3.8, 4) is 0 Å². The fourth-order valence-electron chi connectivity index (χ4n) is 6.78. The Bertz CT molecular complexity index is 1790. The van der Waals surface area contributed by atoms with Crippen LogP contribution in [0.3, 0.4) is 0 Å². The lowest BCUT2D eigenvalue weighted by Crippen LogP contribution is -2.48. The minimum Gasteiger partial charge on any atom is -0.618 e. The zero-order valence-corrected chi connectivity index (χ0v) is 31.3. The number of nitrogens with zero attached hydrogens (tertiary/aromatic N) is 3. The Balaban J connectivity index is 1.88. The van der Waals surface area contributed by atoms with Gasteiger partial charge in [-0.3, -0.25) is 9.59 Å². The summed E-state index contributed by atoms with van der Waals surface area (Å²) in [5.74, 6) is -0.947. The summed E-state index contributed by atoms with van der Waals surface area (Å²) in [6.07, 6.45) is 0. The second kappa shape index (κ2) is 16.5. The Morgan fingerprint density at radius 2 is 0.745 bits per heavy atom. The van der Waals surface area contributed by atoms with Gasteiger partial charge in [0.15, 0.2) is 25.6 Å². The average molecular weight is 722 g/mol. The second-order valence-electron chi connectivity index (χ2n) is 12.2. The van der Waals surface area contributed by atoms with Crippen molar-refractivity contribution in [2.24, 2.45) is 0 Å². The highest BCUT2D eigenvalue weighted by Gasteiger charge is 2.52. The molecule has 0 saturated heterocycles. The molecule has 264 valence electrons. The molecule has 0 aliphatic rings. The molecule has 8 nitrogen and oxygen atoms in total. The molecule has 0 aliphatic heterocycles. The summed E-state index contributed by atoms with van der Waals surface area (Å²) < 4.78 is 32.5. The lowest BCUT2D eigenvalue weighted by Gasteiger charge is -2.33. The summed E-state index contributed by atoms with van der Waals surface area (Å²) in [5.41, 5.74) is -3.05. The first-order valence-corrected chi connectivity index (χ1v) is 20.9. The number of aromatic nitrogens is 1. The molecule has 1 heterocycles. The van der Waals surface area contributed by atoms with Crippen LogP contribution >= 0.6 is 14.3 Å². The van der Waals surface area contributed by atoms with Gasteiger partial charge in [-0.25, -0.2) is 0 Å². The summed E-state index contributed by atoms with van der Waals surface area (Å²) in [4.78, 5) is 32.7. The maximum atomic E-state index is 16.0. The molecule has 0 radical (unpaired) electrons. The largest absolute Gasteiger partial charge is 0.618 e. The van der Waals surface area contributed by atoms with Crippen molar-refractivity contribution in [1.82, 2.24) is 9.80 Å². The molecule has 10 heteroatoms. The van der Waals surface area contributed by atoms with Crippen molar-refractivity contribution >= 4 is 47.3 Å². The number of amides is 2. The molecule has 5 rings (SSSR count). The molecule has 4 aromatic carbocycles. The lowest BCUT2D eigenvalue weighted by molar-refractivity contribution is -0.621. The predicted octanol–water partition coefficient (Wildman–Crippen LogP) is 6.17. The quantitative estimate of drug-likeness (QED) is 0.0777. The Kier molecular flexibility index (Phi) is 12.1. The number of hydrogen-bond acceptors (Lipinski definition) is 5. The first-order chi connectivity index (χ1) is 24.7. The van der Waals surface area contributed by atoms with Crippen LogP contribution in [-0.2, 0) is 18.7 Å². The third kappa shape index (κ3) is 7.08. The number of hydrogen-bond donors (Lipinski definition) is 0. The molecule has 5 aromatic rings. The number of carbonyl (C=O) groups is 2. The molecular weight excluding hydrogens is 676 g/mol. The van der Waals surface area contributed by atoms with E-state index >= 15 is 14.3 Å². The number of likely N-dealkylation sites (N-methyl/N-ethyl adjacent to an activating group) is 2. The molecule has 0 bridgehead atoms. The van der Waals surface area contributed by atoms with E-state index in [4.69, 9.17) is 0 Å². The highest BCUT2D eigenvalue weighted by Crippen LogP contribution is 2.59. The molecule has 2 amide bonds. The molecule has 0 spiro atoms. The maximum Gasteiger partial charge on any atom is 0.244 e. The van der Waals surface area contributed by atoms with Gasteiger partial charge in [0.1, 0.15) is 0 Å². The van der Waals surface area contributed by atoms with Gasteiger partial charge in [-0.15, -0.1) is 0 Å². The molecule has 0 saturated carbocycles. The molecule has 0 fully saturated rings. The minimum absolute atomic E-state index is 0.0783. The SMILES string of the molecule is CCN(CC)C(=O)[C@@H](c1cccc([C@H](C(=O)N(CC)CC)P(=O)(c2ccccc2)c2ccccc2)[n+]1[O-])P(=O)(c1ccccc1)c1ccccc1. The van der Waals surface area contributed by atoms with E-state index in [9.17, 15) is 9.59 Å². The van der Waals surface area contributed by atoms with Crippen molar-refractivity contribution in [1.29, 1.82) is 0 Å². The zero-order valence-electron chi connectivity index (χ0n) is 29.5. The normalized spacial score (nSPS) is 12.9. The standard InChI is InChI=1S/C41H45N3O5P2/c1-5-42(6-2)40(45)38(50(48,32-22-13-9-14-23-32)33-24-15-10-16-25-33)36-30-21-31-37(44(36)47)39(41(46)43(7-3)8-4)51(49,34-26-17-11-18-27-34)35-28-19-12-20-29-35/h9-31,38-39H,5-8H2,1-4H3/t38-,39-/m1/s1. The van der Waals surface area contributed by atoms with Gasteiger partial charge in [0.25, 0.3) is 0 Å². The van der Waals surface area contributed by atoms with Crippen molar-refractivity contribution in [3.05, 3.63) is 156 Å². The Labute approximate surface area is 301 Å².